The molecule has 1 aliphatic rings. The SMILES string of the molecule is CC1(C(N)=S)CCN(C(=O)c2ccc(F)cc2F)CC1. The lowest BCUT2D eigenvalue weighted by Crippen LogP contribution is -2.46. The predicted molar refractivity (Wildman–Crippen MR) is 76.4 cm³/mol. The zero-order chi connectivity index (χ0) is 14.9. The number of hydrogen-bond acceptors (Lipinski definition) is 2. The van der Waals surface area contributed by atoms with Crippen molar-refractivity contribution in [2.75, 3.05) is 13.1 Å². The highest BCUT2D eigenvalue weighted by molar-refractivity contribution is 7.80. The van der Waals surface area contributed by atoms with Gasteiger partial charge in [-0.3, -0.25) is 4.79 Å². The molecular formula is C14H16F2N2OS. The van der Waals surface area contributed by atoms with Gasteiger partial charge in [0.25, 0.3) is 5.91 Å². The van der Waals surface area contributed by atoms with E-state index in [0.29, 0.717) is 30.9 Å². The van der Waals surface area contributed by atoms with Crippen LogP contribution >= 0.6 is 12.2 Å². The van der Waals surface area contributed by atoms with Crippen molar-refractivity contribution in [2.45, 2.75) is 19.8 Å². The molecule has 0 spiro atoms. The third-order valence-corrected chi connectivity index (χ3v) is 4.40. The van der Waals surface area contributed by atoms with E-state index < -0.39 is 17.5 Å². The number of nitrogens with zero attached hydrogens (tertiary/aromatic N) is 1. The molecule has 0 atom stereocenters. The summed E-state index contributed by atoms with van der Waals surface area (Å²) in [6, 6.07) is 2.98. The number of thiocarbonyl (C=S) groups is 1. The molecule has 1 amide bonds. The highest BCUT2D eigenvalue weighted by atomic mass is 32.1. The molecular weight excluding hydrogens is 282 g/mol. The van der Waals surface area contributed by atoms with Crippen LogP contribution in [0.25, 0.3) is 0 Å². The molecule has 2 rings (SSSR count). The fourth-order valence-electron chi connectivity index (χ4n) is 2.28. The fraction of sp³-hybridized carbons (Fsp3) is 0.429. The van der Waals surface area contributed by atoms with Crippen molar-refractivity contribution in [2.24, 2.45) is 11.1 Å². The molecule has 0 unspecified atom stereocenters. The average Bonchev–Trinajstić information content (AvgIpc) is 2.38. The van der Waals surface area contributed by atoms with Crippen LogP contribution < -0.4 is 5.73 Å². The lowest BCUT2D eigenvalue weighted by molar-refractivity contribution is 0.0665. The summed E-state index contributed by atoms with van der Waals surface area (Å²) in [4.78, 5) is 14.2. The van der Waals surface area contributed by atoms with E-state index in [1.165, 1.54) is 6.07 Å². The summed E-state index contributed by atoms with van der Waals surface area (Å²) in [5.41, 5.74) is 5.34. The van der Waals surface area contributed by atoms with Gasteiger partial charge in [0.2, 0.25) is 0 Å². The predicted octanol–water partition coefficient (Wildman–Crippen LogP) is 2.49. The first-order chi connectivity index (χ1) is 9.33. The Labute approximate surface area is 121 Å². The van der Waals surface area contributed by atoms with Gasteiger partial charge >= 0.3 is 0 Å². The maximum absolute atomic E-state index is 13.6. The van der Waals surface area contributed by atoms with Crippen LogP contribution in [0.1, 0.15) is 30.1 Å². The second-order valence-corrected chi connectivity index (χ2v) is 5.78. The summed E-state index contributed by atoms with van der Waals surface area (Å²) in [6.07, 6.45) is 1.30. The molecule has 1 fully saturated rings. The lowest BCUT2D eigenvalue weighted by Gasteiger charge is -2.38. The van der Waals surface area contributed by atoms with E-state index in [1.807, 2.05) is 6.92 Å². The first kappa shape index (κ1) is 14.8. The van der Waals surface area contributed by atoms with E-state index in [1.54, 1.807) is 4.90 Å². The highest BCUT2D eigenvalue weighted by Gasteiger charge is 2.34. The Morgan fingerprint density at radius 1 is 1.35 bits per heavy atom. The number of hydrogen-bond donors (Lipinski definition) is 1. The Bertz CT molecular complexity index is 554. The molecule has 1 aromatic rings. The van der Waals surface area contributed by atoms with E-state index in [-0.39, 0.29) is 11.0 Å². The van der Waals surface area contributed by atoms with Gasteiger partial charge in [-0.05, 0) is 25.0 Å². The number of likely N-dealkylation sites (tertiary alicyclic amines) is 1. The molecule has 6 heteroatoms. The van der Waals surface area contributed by atoms with E-state index in [9.17, 15) is 13.6 Å². The van der Waals surface area contributed by atoms with Gasteiger partial charge < -0.3 is 10.6 Å². The standard InChI is InChI=1S/C14H16F2N2OS/c1-14(13(17)20)4-6-18(7-5-14)12(19)10-3-2-9(15)8-11(10)16/h2-3,8H,4-7H2,1H3,(H2,17,20). The van der Waals surface area contributed by atoms with Crippen molar-refractivity contribution in [3.8, 4) is 0 Å². The summed E-state index contributed by atoms with van der Waals surface area (Å²) in [5, 5.41) is 0. The Kier molecular flexibility index (Phi) is 4.04. The first-order valence-electron chi connectivity index (χ1n) is 6.38. The van der Waals surface area contributed by atoms with Crippen molar-refractivity contribution in [3.05, 3.63) is 35.4 Å². The smallest absolute Gasteiger partial charge is 0.256 e. The number of halogens is 2. The molecule has 0 aliphatic carbocycles. The van der Waals surface area contributed by atoms with Crippen molar-refractivity contribution in [1.82, 2.24) is 4.90 Å². The van der Waals surface area contributed by atoms with Gasteiger partial charge in [0, 0.05) is 24.6 Å². The molecule has 1 aromatic carbocycles. The first-order valence-corrected chi connectivity index (χ1v) is 6.78. The largest absolute Gasteiger partial charge is 0.393 e. The lowest BCUT2D eigenvalue weighted by atomic mass is 9.80. The van der Waals surface area contributed by atoms with Crippen LogP contribution in [0.4, 0.5) is 8.78 Å². The van der Waals surface area contributed by atoms with Gasteiger partial charge in [0.05, 0.1) is 10.6 Å². The zero-order valence-corrected chi connectivity index (χ0v) is 12.0. The van der Waals surface area contributed by atoms with Crippen LogP contribution in [-0.4, -0.2) is 28.9 Å². The van der Waals surface area contributed by atoms with Crippen LogP contribution in [0.3, 0.4) is 0 Å². The summed E-state index contributed by atoms with van der Waals surface area (Å²) in [5.74, 6) is -1.95. The van der Waals surface area contributed by atoms with Crippen molar-refractivity contribution >= 4 is 23.1 Å². The third kappa shape index (κ3) is 2.80. The molecule has 1 saturated heterocycles. The third-order valence-electron chi connectivity index (χ3n) is 3.91. The Morgan fingerprint density at radius 3 is 2.45 bits per heavy atom. The average molecular weight is 298 g/mol. The zero-order valence-electron chi connectivity index (χ0n) is 11.2. The summed E-state index contributed by atoms with van der Waals surface area (Å²) < 4.78 is 26.5. The number of carbonyl (C=O) groups is 1. The number of benzene rings is 1. The van der Waals surface area contributed by atoms with Crippen LogP contribution in [0, 0.1) is 17.0 Å². The second kappa shape index (κ2) is 5.44. The van der Waals surface area contributed by atoms with Gasteiger partial charge in [-0.2, -0.15) is 0 Å². The maximum Gasteiger partial charge on any atom is 0.256 e. The quantitative estimate of drug-likeness (QED) is 0.853. The van der Waals surface area contributed by atoms with Crippen LogP contribution in [-0.2, 0) is 0 Å². The topological polar surface area (TPSA) is 46.3 Å². The molecule has 0 bridgehead atoms. The van der Waals surface area contributed by atoms with E-state index in [0.717, 1.165) is 12.1 Å². The van der Waals surface area contributed by atoms with Gasteiger partial charge in [-0.1, -0.05) is 19.1 Å². The van der Waals surface area contributed by atoms with E-state index >= 15 is 0 Å². The molecule has 1 heterocycles. The second-order valence-electron chi connectivity index (χ2n) is 5.34. The number of nitrogens with two attached hydrogens (primary N) is 1. The van der Waals surface area contributed by atoms with E-state index in [2.05, 4.69) is 0 Å². The van der Waals surface area contributed by atoms with Gasteiger partial charge in [0.15, 0.2) is 0 Å². The highest BCUT2D eigenvalue weighted by Crippen LogP contribution is 2.31. The molecule has 0 aromatic heterocycles. The minimum Gasteiger partial charge on any atom is -0.393 e. The van der Waals surface area contributed by atoms with Crippen molar-refractivity contribution < 1.29 is 13.6 Å². The molecule has 1 aliphatic heterocycles. The Balaban J connectivity index is 2.11. The van der Waals surface area contributed by atoms with E-state index in [4.69, 9.17) is 18.0 Å². The number of amides is 1. The normalized spacial score (nSPS) is 17.9. The minimum absolute atomic E-state index is 0.106. The Morgan fingerprint density at radius 2 is 1.95 bits per heavy atom. The van der Waals surface area contributed by atoms with Gasteiger partial charge in [0.1, 0.15) is 11.6 Å². The van der Waals surface area contributed by atoms with Crippen LogP contribution in [0.5, 0.6) is 0 Å². The molecule has 0 radical (unpaired) electrons. The van der Waals surface area contributed by atoms with Gasteiger partial charge in [-0.15, -0.1) is 0 Å². The van der Waals surface area contributed by atoms with Crippen molar-refractivity contribution in [3.63, 3.8) is 0 Å². The van der Waals surface area contributed by atoms with Crippen LogP contribution in [0.2, 0.25) is 0 Å². The summed E-state index contributed by atoms with van der Waals surface area (Å²) in [7, 11) is 0. The maximum atomic E-state index is 13.6. The molecule has 2 N–H and O–H groups in total. The van der Waals surface area contributed by atoms with Crippen molar-refractivity contribution in [1.29, 1.82) is 0 Å². The number of carbonyl (C=O) groups excluding carboxylic acids is 1. The molecule has 108 valence electrons. The molecule has 0 saturated carbocycles. The molecule has 20 heavy (non-hydrogen) atoms. The summed E-state index contributed by atoms with van der Waals surface area (Å²) >= 11 is 5.03. The van der Waals surface area contributed by atoms with Gasteiger partial charge in [-0.25, -0.2) is 8.78 Å². The molecule has 3 nitrogen and oxygen atoms in total. The van der Waals surface area contributed by atoms with Crippen LogP contribution in [0.15, 0.2) is 18.2 Å². The summed E-state index contributed by atoms with van der Waals surface area (Å²) in [6.45, 7) is 2.89. The number of rotatable bonds is 2. The monoisotopic (exact) mass is 298 g/mol. The Hall–Kier alpha value is -1.56. The minimum atomic E-state index is -0.835. The fourth-order valence-corrected chi connectivity index (χ4v) is 2.49. The number of piperidine rings is 1.